The molecule has 0 fully saturated rings. The summed E-state index contributed by atoms with van der Waals surface area (Å²) in [5.74, 6) is 0.892. The highest BCUT2D eigenvalue weighted by Gasteiger charge is 2.07. The molecule has 0 heterocycles. The molecule has 1 aromatic carbocycles. The highest BCUT2D eigenvalue weighted by atomic mass is 16.5. The smallest absolute Gasteiger partial charge is 0.119 e. The van der Waals surface area contributed by atoms with E-state index in [9.17, 15) is 0 Å². The van der Waals surface area contributed by atoms with Gasteiger partial charge in [0.2, 0.25) is 0 Å². The van der Waals surface area contributed by atoms with Crippen molar-refractivity contribution in [3.05, 3.63) is 36.4 Å². The summed E-state index contributed by atoms with van der Waals surface area (Å²) in [7, 11) is 0. The van der Waals surface area contributed by atoms with Crippen molar-refractivity contribution < 1.29 is 9.47 Å². The van der Waals surface area contributed by atoms with Gasteiger partial charge >= 0.3 is 0 Å². The van der Waals surface area contributed by atoms with E-state index in [-0.39, 0.29) is 6.10 Å². The van der Waals surface area contributed by atoms with Gasteiger partial charge in [-0.15, -0.1) is 0 Å². The average Bonchev–Trinajstić information content (AvgIpc) is 2.50. The molecule has 0 spiro atoms. The zero-order chi connectivity index (χ0) is 14.6. The lowest BCUT2D eigenvalue weighted by Crippen LogP contribution is -2.21. The molecule has 2 heteroatoms. The molecule has 0 aliphatic carbocycles. The van der Waals surface area contributed by atoms with Crippen LogP contribution in [-0.4, -0.2) is 19.3 Å². The Morgan fingerprint density at radius 1 is 1.10 bits per heavy atom. The zero-order valence-electron chi connectivity index (χ0n) is 12.9. The Labute approximate surface area is 123 Å². The fraction of sp³-hybridized carbons (Fsp3) is 0.556. The molecular weight excluding hydrogens is 248 g/mol. The minimum absolute atomic E-state index is 0.190. The Hall–Kier alpha value is -1.28. The average molecular weight is 276 g/mol. The van der Waals surface area contributed by atoms with Gasteiger partial charge in [-0.3, -0.25) is 0 Å². The number of hydrogen-bond acceptors (Lipinski definition) is 2. The van der Waals surface area contributed by atoms with E-state index in [1.165, 1.54) is 19.3 Å². The van der Waals surface area contributed by atoms with Crippen LogP contribution < -0.4 is 4.74 Å². The van der Waals surface area contributed by atoms with E-state index in [0.717, 1.165) is 30.8 Å². The lowest BCUT2D eigenvalue weighted by Gasteiger charge is -2.17. The van der Waals surface area contributed by atoms with E-state index >= 15 is 0 Å². The number of benzene rings is 1. The first-order chi connectivity index (χ1) is 9.80. The van der Waals surface area contributed by atoms with Gasteiger partial charge < -0.3 is 9.47 Å². The van der Waals surface area contributed by atoms with Crippen molar-refractivity contribution in [2.45, 2.75) is 52.1 Å². The number of hydrogen-bond donors (Lipinski definition) is 0. The second-order valence-corrected chi connectivity index (χ2v) is 5.05. The Kier molecular flexibility index (Phi) is 8.81. The standard InChI is InChI=1S/C18H28O2/c1-4-7-8-9-14-19-17(6-3)15-20-18-12-10-16(5-2)11-13-18/h5,10-13,17H,2,4,6-9,14-15H2,1,3H3. The van der Waals surface area contributed by atoms with Gasteiger partial charge in [0.15, 0.2) is 0 Å². The molecule has 1 aromatic rings. The van der Waals surface area contributed by atoms with Crippen molar-refractivity contribution in [2.75, 3.05) is 13.2 Å². The molecule has 0 N–H and O–H groups in total. The van der Waals surface area contributed by atoms with Gasteiger partial charge in [-0.2, -0.15) is 0 Å². The maximum Gasteiger partial charge on any atom is 0.119 e. The van der Waals surface area contributed by atoms with Gasteiger partial charge in [-0.25, -0.2) is 0 Å². The molecule has 0 saturated carbocycles. The third-order valence-electron chi connectivity index (χ3n) is 3.36. The first-order valence-electron chi connectivity index (χ1n) is 7.77. The van der Waals surface area contributed by atoms with Gasteiger partial charge in [0.25, 0.3) is 0 Å². The van der Waals surface area contributed by atoms with Crippen molar-refractivity contribution in [3.8, 4) is 5.75 Å². The highest BCUT2D eigenvalue weighted by molar-refractivity contribution is 5.48. The number of rotatable bonds is 11. The molecule has 1 atom stereocenters. The Bertz CT molecular complexity index is 356. The first-order valence-corrected chi connectivity index (χ1v) is 7.77. The van der Waals surface area contributed by atoms with Crippen LogP contribution >= 0.6 is 0 Å². The summed E-state index contributed by atoms with van der Waals surface area (Å²) in [5.41, 5.74) is 1.11. The molecule has 0 radical (unpaired) electrons. The second-order valence-electron chi connectivity index (χ2n) is 5.05. The monoisotopic (exact) mass is 276 g/mol. The largest absolute Gasteiger partial charge is 0.491 e. The van der Waals surface area contributed by atoms with Gasteiger partial charge in [0, 0.05) is 6.61 Å². The molecular formula is C18H28O2. The minimum atomic E-state index is 0.190. The normalized spacial score (nSPS) is 12.1. The van der Waals surface area contributed by atoms with E-state index in [1.54, 1.807) is 0 Å². The topological polar surface area (TPSA) is 18.5 Å². The molecule has 0 aliphatic rings. The van der Waals surface area contributed by atoms with Crippen LogP contribution in [0.4, 0.5) is 0 Å². The Morgan fingerprint density at radius 3 is 2.45 bits per heavy atom. The van der Waals surface area contributed by atoms with Crippen LogP contribution in [-0.2, 0) is 4.74 Å². The fourth-order valence-electron chi connectivity index (χ4n) is 1.95. The quantitative estimate of drug-likeness (QED) is 0.524. The van der Waals surface area contributed by atoms with Crippen molar-refractivity contribution in [3.63, 3.8) is 0 Å². The molecule has 0 amide bonds. The van der Waals surface area contributed by atoms with Crippen molar-refractivity contribution in [1.82, 2.24) is 0 Å². The highest BCUT2D eigenvalue weighted by Crippen LogP contribution is 2.14. The van der Waals surface area contributed by atoms with Gasteiger partial charge in [0.1, 0.15) is 12.4 Å². The fourth-order valence-corrected chi connectivity index (χ4v) is 1.95. The number of ether oxygens (including phenoxy) is 2. The molecule has 0 saturated heterocycles. The molecule has 0 aromatic heterocycles. The van der Waals surface area contributed by atoms with Gasteiger partial charge in [-0.05, 0) is 30.5 Å². The van der Waals surface area contributed by atoms with E-state index in [1.807, 2.05) is 30.3 Å². The van der Waals surface area contributed by atoms with Crippen LogP contribution in [0.5, 0.6) is 5.75 Å². The molecule has 2 nitrogen and oxygen atoms in total. The predicted octanol–water partition coefficient (Wildman–Crippen LogP) is 5.08. The van der Waals surface area contributed by atoms with Crippen molar-refractivity contribution in [2.24, 2.45) is 0 Å². The summed E-state index contributed by atoms with van der Waals surface area (Å²) in [6.07, 6.45) is 7.98. The second kappa shape index (κ2) is 10.5. The van der Waals surface area contributed by atoms with Crippen LogP contribution in [0.1, 0.15) is 51.5 Å². The molecule has 0 aliphatic heterocycles. The lowest BCUT2D eigenvalue weighted by atomic mass is 10.2. The SMILES string of the molecule is C=Cc1ccc(OCC(CC)OCCCCCC)cc1. The summed E-state index contributed by atoms with van der Waals surface area (Å²) < 4.78 is 11.6. The van der Waals surface area contributed by atoms with Gasteiger partial charge in [-0.1, -0.05) is 57.9 Å². The molecule has 112 valence electrons. The summed E-state index contributed by atoms with van der Waals surface area (Å²) in [6.45, 7) is 9.57. The van der Waals surface area contributed by atoms with Crippen LogP contribution in [0.25, 0.3) is 6.08 Å². The minimum Gasteiger partial charge on any atom is -0.491 e. The van der Waals surface area contributed by atoms with E-state index in [0.29, 0.717) is 6.61 Å². The van der Waals surface area contributed by atoms with Crippen molar-refractivity contribution >= 4 is 6.08 Å². The maximum atomic E-state index is 5.86. The van der Waals surface area contributed by atoms with Crippen LogP contribution in [0.2, 0.25) is 0 Å². The summed E-state index contributed by atoms with van der Waals surface area (Å²) in [5, 5.41) is 0. The van der Waals surface area contributed by atoms with Crippen LogP contribution in [0, 0.1) is 0 Å². The van der Waals surface area contributed by atoms with E-state index in [4.69, 9.17) is 9.47 Å². The Balaban J connectivity index is 2.23. The molecule has 0 bridgehead atoms. The summed E-state index contributed by atoms with van der Waals surface area (Å²) >= 11 is 0. The van der Waals surface area contributed by atoms with E-state index in [2.05, 4.69) is 20.4 Å². The summed E-state index contributed by atoms with van der Waals surface area (Å²) in [4.78, 5) is 0. The zero-order valence-corrected chi connectivity index (χ0v) is 12.9. The van der Waals surface area contributed by atoms with Gasteiger partial charge in [0.05, 0.1) is 6.10 Å². The first kappa shape index (κ1) is 16.8. The molecule has 1 rings (SSSR count). The van der Waals surface area contributed by atoms with E-state index < -0.39 is 0 Å². The molecule has 20 heavy (non-hydrogen) atoms. The lowest BCUT2D eigenvalue weighted by molar-refractivity contribution is 0.0163. The summed E-state index contributed by atoms with van der Waals surface area (Å²) in [6, 6.07) is 7.97. The third-order valence-corrected chi connectivity index (χ3v) is 3.36. The Morgan fingerprint density at radius 2 is 1.85 bits per heavy atom. The third kappa shape index (κ3) is 6.76. The number of unbranched alkanes of at least 4 members (excludes halogenated alkanes) is 3. The van der Waals surface area contributed by atoms with Crippen LogP contribution in [0.15, 0.2) is 30.8 Å². The van der Waals surface area contributed by atoms with Crippen molar-refractivity contribution in [1.29, 1.82) is 0 Å². The predicted molar refractivity (Wildman–Crippen MR) is 86.2 cm³/mol. The maximum absolute atomic E-state index is 5.86. The van der Waals surface area contributed by atoms with Crippen LogP contribution in [0.3, 0.4) is 0 Å². The molecule has 1 unspecified atom stereocenters.